The highest BCUT2D eigenvalue weighted by molar-refractivity contribution is 5.69. The summed E-state index contributed by atoms with van der Waals surface area (Å²) in [5.74, 6) is 3.97. The van der Waals surface area contributed by atoms with Crippen molar-refractivity contribution in [2.45, 2.75) is 148 Å². The van der Waals surface area contributed by atoms with Crippen LogP contribution in [0.15, 0.2) is 0 Å². The van der Waals surface area contributed by atoms with Gasteiger partial charge in [0.25, 0.3) is 0 Å². The third kappa shape index (κ3) is 6.02. The Labute approximate surface area is 249 Å². The summed E-state index contributed by atoms with van der Waals surface area (Å²) < 4.78 is 30.8. The van der Waals surface area contributed by atoms with Crippen LogP contribution < -0.4 is 0 Å². The molecule has 4 saturated carbocycles. The molecule has 12 atom stereocenters. The molecule has 6 rings (SSSR count). The Hall–Kier alpha value is -0.690. The molecule has 41 heavy (non-hydrogen) atoms. The highest BCUT2D eigenvalue weighted by atomic mass is 16.7. The molecule has 2 aliphatic heterocycles. The molecule has 2 heterocycles. The summed E-state index contributed by atoms with van der Waals surface area (Å²) in [4.78, 5) is 11.9. The molecule has 4 aliphatic carbocycles. The maximum Gasteiger partial charge on any atom is 0.305 e. The Morgan fingerprint density at radius 3 is 2.17 bits per heavy atom. The summed E-state index contributed by atoms with van der Waals surface area (Å²) in [6.07, 6.45) is 18.8. The maximum absolute atomic E-state index is 11.9. The second kappa shape index (κ2) is 12.7. The number of methoxy groups -OCH3 is 1. The molecule has 0 radical (unpaired) electrons. The molecule has 0 aromatic heterocycles. The van der Waals surface area contributed by atoms with Gasteiger partial charge in [0.05, 0.1) is 19.3 Å². The zero-order chi connectivity index (χ0) is 28.6. The Morgan fingerprint density at radius 2 is 1.49 bits per heavy atom. The molecule has 6 heteroatoms. The van der Waals surface area contributed by atoms with E-state index >= 15 is 0 Å². The SMILES string of the molecule is COC(=O)CC[C@@H](C)[C@H]1CC[C@H]2[C@@H]3C[C@H](OC4CCCCO4)[C@@H]4C[C@H](OC5CCCCO5)CC[C@]4(C)[C@H]3CC[C@]12C. The molecule has 0 spiro atoms. The lowest BCUT2D eigenvalue weighted by Crippen LogP contribution is -2.59. The molecule has 2 saturated heterocycles. The largest absolute Gasteiger partial charge is 0.469 e. The fraction of sp³-hybridized carbons (Fsp3) is 0.971. The van der Waals surface area contributed by atoms with Gasteiger partial charge in [0.15, 0.2) is 12.6 Å². The van der Waals surface area contributed by atoms with Crippen molar-refractivity contribution in [3.8, 4) is 0 Å². The van der Waals surface area contributed by atoms with E-state index < -0.39 is 0 Å². The average molecular weight is 575 g/mol. The fourth-order valence-electron chi connectivity index (χ4n) is 11.2. The van der Waals surface area contributed by atoms with E-state index in [1.54, 1.807) is 0 Å². The lowest BCUT2D eigenvalue weighted by molar-refractivity contribution is -0.261. The summed E-state index contributed by atoms with van der Waals surface area (Å²) in [6, 6.07) is 0. The number of carbonyl (C=O) groups is 1. The molecule has 234 valence electrons. The van der Waals surface area contributed by atoms with Gasteiger partial charge >= 0.3 is 5.97 Å². The van der Waals surface area contributed by atoms with E-state index in [4.69, 9.17) is 23.7 Å². The first kappa shape index (κ1) is 30.3. The molecular weight excluding hydrogens is 516 g/mol. The van der Waals surface area contributed by atoms with Crippen LogP contribution in [0.3, 0.4) is 0 Å². The van der Waals surface area contributed by atoms with Crippen LogP contribution in [-0.4, -0.2) is 51.1 Å². The lowest BCUT2D eigenvalue weighted by atomic mass is 9.43. The highest BCUT2D eigenvalue weighted by Crippen LogP contribution is 2.69. The molecule has 0 amide bonds. The number of esters is 1. The van der Waals surface area contributed by atoms with Crippen LogP contribution in [0.5, 0.6) is 0 Å². The second-order valence-corrected chi connectivity index (χ2v) is 15.3. The number of fused-ring (bicyclic) bond motifs is 5. The molecular formula is C35H58O6. The van der Waals surface area contributed by atoms with Gasteiger partial charge in [0, 0.05) is 19.6 Å². The van der Waals surface area contributed by atoms with Crippen molar-refractivity contribution in [1.82, 2.24) is 0 Å². The molecule has 6 aliphatic rings. The van der Waals surface area contributed by atoms with Gasteiger partial charge in [0.2, 0.25) is 0 Å². The first-order valence-electron chi connectivity index (χ1n) is 17.4. The summed E-state index contributed by atoms with van der Waals surface area (Å²) >= 11 is 0. The summed E-state index contributed by atoms with van der Waals surface area (Å²) in [5.41, 5.74) is 0.663. The van der Waals surface area contributed by atoms with Crippen molar-refractivity contribution < 1.29 is 28.5 Å². The van der Waals surface area contributed by atoms with Gasteiger partial charge in [-0.1, -0.05) is 20.8 Å². The smallest absolute Gasteiger partial charge is 0.305 e. The standard InChI is InChI=1S/C35H58O6/c1-23(11-14-31(36)37-4)26-12-13-27-25-22-30(41-33-10-6-8-20-39-33)29-21-24(40-32-9-5-7-19-38-32)15-17-35(29,3)28(25)16-18-34(26,27)2/h23-30,32-33H,5-22H2,1-4H3/t23-,24-,25+,26-,27+,28+,29+,30+,32?,33?,34-,35-/m1/s1. The van der Waals surface area contributed by atoms with Crippen LogP contribution in [0.4, 0.5) is 0 Å². The Kier molecular flexibility index (Phi) is 9.42. The minimum Gasteiger partial charge on any atom is -0.469 e. The molecule has 6 nitrogen and oxygen atoms in total. The van der Waals surface area contributed by atoms with Crippen molar-refractivity contribution in [1.29, 1.82) is 0 Å². The van der Waals surface area contributed by atoms with Crippen molar-refractivity contribution in [2.75, 3.05) is 20.3 Å². The van der Waals surface area contributed by atoms with Crippen LogP contribution in [0.1, 0.15) is 124 Å². The van der Waals surface area contributed by atoms with E-state index in [-0.39, 0.29) is 30.8 Å². The van der Waals surface area contributed by atoms with E-state index in [0.717, 1.165) is 75.9 Å². The Bertz CT molecular complexity index is 882. The topological polar surface area (TPSA) is 63.2 Å². The van der Waals surface area contributed by atoms with Gasteiger partial charge in [0.1, 0.15) is 0 Å². The quantitative estimate of drug-likeness (QED) is 0.219. The van der Waals surface area contributed by atoms with E-state index in [1.807, 2.05) is 0 Å². The van der Waals surface area contributed by atoms with Crippen molar-refractivity contribution in [3.05, 3.63) is 0 Å². The van der Waals surface area contributed by atoms with Gasteiger partial charge in [-0.15, -0.1) is 0 Å². The zero-order valence-corrected chi connectivity index (χ0v) is 26.5. The Balaban J connectivity index is 1.20. The summed E-state index contributed by atoms with van der Waals surface area (Å²) in [7, 11) is 1.51. The normalized spacial score (nSPS) is 47.1. The number of rotatable bonds is 8. The van der Waals surface area contributed by atoms with Gasteiger partial charge in [-0.25, -0.2) is 0 Å². The van der Waals surface area contributed by atoms with Gasteiger partial charge < -0.3 is 23.7 Å². The molecule has 0 aromatic rings. The number of ether oxygens (including phenoxy) is 5. The third-order valence-electron chi connectivity index (χ3n) is 13.3. The van der Waals surface area contributed by atoms with Crippen LogP contribution >= 0.6 is 0 Å². The average Bonchev–Trinajstić information content (AvgIpc) is 3.35. The lowest BCUT2D eigenvalue weighted by Gasteiger charge is -2.63. The predicted octanol–water partition coefficient (Wildman–Crippen LogP) is 7.67. The van der Waals surface area contributed by atoms with Crippen LogP contribution in [0.25, 0.3) is 0 Å². The third-order valence-corrected chi connectivity index (χ3v) is 13.3. The first-order chi connectivity index (χ1) is 19.8. The van der Waals surface area contributed by atoms with Crippen molar-refractivity contribution in [2.24, 2.45) is 46.3 Å². The van der Waals surface area contributed by atoms with E-state index in [2.05, 4.69) is 20.8 Å². The predicted molar refractivity (Wildman–Crippen MR) is 158 cm³/mol. The number of hydrogen-bond acceptors (Lipinski definition) is 6. The van der Waals surface area contributed by atoms with Crippen LogP contribution in [0.2, 0.25) is 0 Å². The second-order valence-electron chi connectivity index (χ2n) is 15.3. The van der Waals surface area contributed by atoms with Crippen LogP contribution in [-0.2, 0) is 28.5 Å². The minimum atomic E-state index is -0.0638. The number of carbonyl (C=O) groups excluding carboxylic acids is 1. The maximum atomic E-state index is 11.9. The molecule has 0 bridgehead atoms. The Morgan fingerprint density at radius 1 is 0.805 bits per heavy atom. The van der Waals surface area contributed by atoms with E-state index in [9.17, 15) is 4.79 Å². The molecule has 0 N–H and O–H groups in total. The van der Waals surface area contributed by atoms with Gasteiger partial charge in [-0.2, -0.15) is 0 Å². The fourth-order valence-corrected chi connectivity index (χ4v) is 11.2. The summed E-state index contributed by atoms with van der Waals surface area (Å²) in [5, 5.41) is 0. The molecule has 2 unspecified atom stereocenters. The molecule has 0 aromatic carbocycles. The molecule has 6 fully saturated rings. The van der Waals surface area contributed by atoms with Crippen molar-refractivity contribution >= 4 is 5.97 Å². The van der Waals surface area contributed by atoms with Crippen molar-refractivity contribution in [3.63, 3.8) is 0 Å². The highest BCUT2D eigenvalue weighted by Gasteiger charge is 2.63. The van der Waals surface area contributed by atoms with E-state index in [1.165, 1.54) is 58.5 Å². The monoisotopic (exact) mass is 574 g/mol. The first-order valence-corrected chi connectivity index (χ1v) is 17.4. The minimum absolute atomic E-state index is 0.0116. The summed E-state index contributed by atoms with van der Waals surface area (Å²) in [6.45, 7) is 9.32. The zero-order valence-electron chi connectivity index (χ0n) is 26.5. The van der Waals surface area contributed by atoms with Gasteiger partial charge in [-0.3, -0.25) is 4.79 Å². The van der Waals surface area contributed by atoms with E-state index in [0.29, 0.717) is 35.0 Å². The van der Waals surface area contributed by atoms with Crippen LogP contribution in [0, 0.1) is 46.3 Å². The number of hydrogen-bond donors (Lipinski definition) is 0. The van der Waals surface area contributed by atoms with Gasteiger partial charge in [-0.05, 0) is 143 Å².